The summed E-state index contributed by atoms with van der Waals surface area (Å²) in [4.78, 5) is 103. The molecule has 488 valence electrons. The normalized spacial score (nSPS) is 13.2. The molecule has 6 heterocycles. The molecule has 0 spiro atoms. The number of nitrogens with two attached hydrogens (primary N) is 2. The van der Waals surface area contributed by atoms with Crippen LogP contribution in [-0.4, -0.2) is 76.1 Å². The van der Waals surface area contributed by atoms with Crippen LogP contribution in [0.1, 0.15) is 79.5 Å². The molecule has 0 radical (unpaired) electrons. The van der Waals surface area contributed by atoms with Gasteiger partial charge < -0.3 is 21.7 Å². The molecule has 2 saturated heterocycles. The second kappa shape index (κ2) is 40.8. The van der Waals surface area contributed by atoms with Gasteiger partial charge in [0.15, 0.2) is 5.69 Å². The molecule has 0 saturated carbocycles. The fourth-order valence-corrected chi connectivity index (χ4v) is 9.71. The van der Waals surface area contributed by atoms with Crippen molar-refractivity contribution in [3.8, 4) is 18.2 Å². The van der Waals surface area contributed by atoms with Crippen molar-refractivity contribution in [2.75, 3.05) is 31.1 Å². The summed E-state index contributed by atoms with van der Waals surface area (Å²) in [7, 11) is 2.85. The van der Waals surface area contributed by atoms with Crippen molar-refractivity contribution in [3.63, 3.8) is 0 Å². The van der Waals surface area contributed by atoms with Crippen LogP contribution in [0.4, 0.5) is 11.5 Å². The molecule has 8 N–H and O–H groups in total. The zero-order valence-electron chi connectivity index (χ0n) is 48.4. The van der Waals surface area contributed by atoms with E-state index in [1.807, 2.05) is 52.4 Å². The molecule has 24 nitrogen and oxygen atoms in total. The Labute approximate surface area is 565 Å². The van der Waals surface area contributed by atoms with Crippen LogP contribution in [0.25, 0.3) is 4.85 Å². The Hall–Kier alpha value is -8.83. The van der Waals surface area contributed by atoms with E-state index in [4.69, 9.17) is 68.6 Å². The van der Waals surface area contributed by atoms with Crippen LogP contribution >= 0.6 is 75.5 Å². The maximum absolute atomic E-state index is 12.7. The number of nitrogens with one attached hydrogen (secondary N) is 4. The minimum Gasteiger partial charge on any atom is -0.356 e. The number of anilines is 1. The molecule has 4 aromatic heterocycles. The molecule has 0 aliphatic carbocycles. The number of piperidine rings is 2. The number of nitrogens with zero attached hydrogens (tertiary/aromatic N) is 10. The second-order valence-electron chi connectivity index (χ2n) is 19.4. The monoisotopic (exact) mass is 1420 g/mol. The van der Waals surface area contributed by atoms with E-state index >= 15 is 0 Å². The number of rotatable bonds is 8. The molecule has 2 fully saturated rings. The van der Waals surface area contributed by atoms with Gasteiger partial charge in [0.1, 0.15) is 21.3 Å². The summed E-state index contributed by atoms with van der Waals surface area (Å²) < 4.78 is 6.07. The van der Waals surface area contributed by atoms with Gasteiger partial charge in [0.05, 0.1) is 54.6 Å². The van der Waals surface area contributed by atoms with Crippen molar-refractivity contribution >= 4 is 87.1 Å². The Morgan fingerprint density at radius 3 is 1.53 bits per heavy atom. The van der Waals surface area contributed by atoms with Gasteiger partial charge in [-0.15, -0.1) is 24.8 Å². The van der Waals surface area contributed by atoms with E-state index in [-0.39, 0.29) is 92.1 Å². The Bertz CT molecular complexity index is 4390. The summed E-state index contributed by atoms with van der Waals surface area (Å²) in [5.41, 5.74) is 13.0. The molecule has 2 aliphatic rings. The fraction of sp³-hybridized carbons (Fsp3) is 0.290. The van der Waals surface area contributed by atoms with Crippen molar-refractivity contribution < 1.29 is 0 Å². The number of benzene rings is 4. The molecule has 30 heteroatoms. The first-order chi connectivity index (χ1) is 42.1. The minimum atomic E-state index is -0.597. The highest BCUT2D eigenvalue weighted by Crippen LogP contribution is 2.23. The smallest absolute Gasteiger partial charge is 0.332 e. The Morgan fingerprint density at radius 1 is 0.598 bits per heavy atom. The topological polar surface area (TPSA) is 352 Å². The van der Waals surface area contributed by atoms with Crippen LogP contribution in [-0.2, 0) is 39.1 Å². The van der Waals surface area contributed by atoms with Crippen LogP contribution in [0.15, 0.2) is 160 Å². The van der Waals surface area contributed by atoms with Gasteiger partial charge in [0.2, 0.25) is 0 Å². The van der Waals surface area contributed by atoms with Gasteiger partial charge in [-0.05, 0) is 72.7 Å². The quantitative estimate of drug-likeness (QED) is 0.0494. The predicted octanol–water partition coefficient (Wildman–Crippen LogP) is 7.29. The zero-order chi connectivity index (χ0) is 64.5. The number of para-hydroxylation sites is 1. The van der Waals surface area contributed by atoms with E-state index in [2.05, 4.69) is 48.2 Å². The summed E-state index contributed by atoms with van der Waals surface area (Å²) >= 11 is 20.3. The number of hydrogen-bond donors (Lipinski definition) is 6. The van der Waals surface area contributed by atoms with E-state index in [1.54, 1.807) is 65.2 Å². The number of alkyl halides is 1. The molecule has 92 heavy (non-hydrogen) atoms. The van der Waals surface area contributed by atoms with E-state index in [0.717, 1.165) is 75.8 Å². The van der Waals surface area contributed by atoms with Crippen molar-refractivity contribution in [2.45, 2.75) is 77.6 Å². The van der Waals surface area contributed by atoms with E-state index in [0.29, 0.717) is 46.3 Å². The lowest BCUT2D eigenvalue weighted by Crippen LogP contribution is -2.47. The Morgan fingerprint density at radius 2 is 1.07 bits per heavy atom. The number of nitriles is 3. The first-order valence-electron chi connectivity index (χ1n) is 26.8. The largest absolute Gasteiger partial charge is 0.356 e. The molecule has 8 aromatic rings. The number of aromatic amines is 3. The number of aromatic nitrogens is 8. The summed E-state index contributed by atoms with van der Waals surface area (Å²) in [6, 6.07) is 40.1. The van der Waals surface area contributed by atoms with Crippen molar-refractivity contribution in [1.29, 1.82) is 15.8 Å². The van der Waals surface area contributed by atoms with Crippen molar-refractivity contribution in [1.82, 2.24) is 43.1 Å². The van der Waals surface area contributed by atoms with Gasteiger partial charge in [-0.25, -0.2) is 24.0 Å². The fourth-order valence-electron chi connectivity index (χ4n) is 8.58. The van der Waals surface area contributed by atoms with Crippen LogP contribution in [0.2, 0.25) is 15.5 Å². The molecule has 4 aromatic carbocycles. The van der Waals surface area contributed by atoms with E-state index in [9.17, 15) is 38.4 Å². The highest BCUT2D eigenvalue weighted by molar-refractivity contribution is 9.08. The lowest BCUT2D eigenvalue weighted by molar-refractivity contribution is 0.459. The van der Waals surface area contributed by atoms with E-state index in [1.165, 1.54) is 48.2 Å². The first kappa shape index (κ1) is 81.2. The van der Waals surface area contributed by atoms with Crippen LogP contribution in [0.5, 0.6) is 0 Å². The minimum absolute atomic E-state index is 0. The maximum Gasteiger partial charge on any atom is 0.332 e. The second-order valence-corrected chi connectivity index (χ2v) is 21.2. The predicted molar refractivity (Wildman–Crippen MR) is 369 cm³/mol. The lowest BCUT2D eigenvalue weighted by Gasteiger charge is -2.34. The molecule has 0 bridgehead atoms. The zero-order valence-corrected chi connectivity index (χ0v) is 53.9. The van der Waals surface area contributed by atoms with Gasteiger partial charge in [0.25, 0.3) is 22.2 Å². The number of halogens is 6. The van der Waals surface area contributed by atoms with Crippen LogP contribution < -0.4 is 66.7 Å². The molecule has 0 amide bonds. The summed E-state index contributed by atoms with van der Waals surface area (Å²) in [5.74, 6) is 0.572. The summed E-state index contributed by atoms with van der Waals surface area (Å²) in [5, 5.41) is 30.6. The third-order valence-electron chi connectivity index (χ3n) is 13.2. The molecule has 2 atom stereocenters. The first-order valence-corrected chi connectivity index (χ1v) is 29.1. The summed E-state index contributed by atoms with van der Waals surface area (Å²) in [6.45, 7) is 11.4. The van der Waals surface area contributed by atoms with Crippen LogP contribution in [0.3, 0.4) is 0 Å². The third-order valence-corrected chi connectivity index (χ3v) is 14.6. The Kier molecular flexibility index (Phi) is 36.0. The molecule has 10 rings (SSSR count). The molecule has 0 unspecified atom stereocenters. The summed E-state index contributed by atoms with van der Waals surface area (Å²) in [6.07, 6.45) is 4.31. The standard InChI is InChI=1S/C18H21N5O2.C13H10ClN3O2.C12H8ClN3O2.C8H6BrN.C5H12N2.C4H3ClN2O2.2CH4.2ClH/c1-20-15-8-4-3-6-13(15)11-23-16(10-17(24)21(2)18(23)25)22-9-5-7-14(19)12-22;1-16-12(18)6-11(14)17(13(16)19)8-10-5-3-2-4-9(10)7-15;13-10-5-11(17)15-12(18)16(10)7-9-4-2-1-3-8(9)6-14;9-5-7-3-1-2-4-8(7)6-10;6-5-2-1-3-7-4-5;5-2-1-3(8)7-4(9)6-2;;;;/h3-4,6,8,10,14H,5,7,9,11-12,19H2,2H3;2-6H,8H2,1H3;1-5H,7H2,(H,15,17,18);1-4H,5H2;5,7H,1-4,6H2;1H,(H2,6,7,8,9);2*1H4;2*1H/t14-;;;;5-;;;;;/m1...1...../s1. The average Bonchev–Trinajstić information content (AvgIpc) is 0.840. The molecule has 2 aliphatic heterocycles. The highest BCUT2D eigenvalue weighted by Gasteiger charge is 2.22. The van der Waals surface area contributed by atoms with E-state index < -0.39 is 33.7 Å². The number of H-pyrrole nitrogens is 3. The SMILES string of the molecule is C.C.Cl.Cl.Cn1c(=O)cc(Cl)n(Cc2ccccc2C#N)c1=O.N#Cc1ccccc1CBr.N#Cc1ccccc1Cn1c(Cl)cc(=O)[nH]c1=O.N[C@@H]1CCCNC1.O=c1cc(Cl)[nH]c(=O)[nH]1.[C-]#[N+]c1ccccc1Cn1c(N2CCC[C@@H](N)C2)cc(=O)n(C)c1=O. The number of hydrogen-bond acceptors (Lipinski definition) is 15. The van der Waals surface area contributed by atoms with Crippen molar-refractivity contribution in [2.24, 2.45) is 25.6 Å². The van der Waals surface area contributed by atoms with Crippen LogP contribution in [0, 0.1) is 40.6 Å². The average molecular weight is 1420 g/mol. The van der Waals surface area contributed by atoms with Gasteiger partial charge in [-0.2, -0.15) is 15.8 Å². The van der Waals surface area contributed by atoms with Gasteiger partial charge in [-0.1, -0.05) is 144 Å². The third kappa shape index (κ3) is 24.1. The Balaban J connectivity index is 0.000000573. The van der Waals surface area contributed by atoms with Gasteiger partial charge in [-0.3, -0.25) is 57.0 Å². The van der Waals surface area contributed by atoms with Crippen molar-refractivity contribution in [3.05, 3.63) is 271 Å². The van der Waals surface area contributed by atoms with Gasteiger partial charge >= 0.3 is 22.8 Å². The maximum atomic E-state index is 12.7. The molecular weight excluding hydrogens is 1350 g/mol. The lowest BCUT2D eigenvalue weighted by atomic mass is 10.1. The van der Waals surface area contributed by atoms with Gasteiger partial charge in [0, 0.05) is 82.0 Å². The highest BCUT2D eigenvalue weighted by atomic mass is 79.9. The molecular formula is C62H70BrCl5N16O8.